The van der Waals surface area contributed by atoms with Gasteiger partial charge in [-0.3, -0.25) is 4.99 Å². The predicted molar refractivity (Wildman–Crippen MR) is 106 cm³/mol. The number of rotatable bonds is 5. The Morgan fingerprint density at radius 2 is 2.12 bits per heavy atom. The van der Waals surface area contributed by atoms with Crippen molar-refractivity contribution in [2.75, 3.05) is 19.7 Å². The number of aliphatic imine (C=N–C) groups is 1. The summed E-state index contributed by atoms with van der Waals surface area (Å²) in [6, 6.07) is 3.79. The molecule has 5 nitrogen and oxygen atoms in total. The van der Waals surface area contributed by atoms with Crippen molar-refractivity contribution in [2.24, 2.45) is 10.7 Å². The zero-order valence-electron chi connectivity index (χ0n) is 16.0. The Morgan fingerprint density at radius 1 is 1.38 bits per heavy atom. The molecule has 1 atom stereocenters. The number of allylic oxidation sites excluding steroid dienone is 3. The third-order valence-corrected chi connectivity index (χ3v) is 5.40. The van der Waals surface area contributed by atoms with E-state index in [1.807, 2.05) is 32.1 Å². The molecule has 2 fully saturated rings. The normalized spacial score (nSPS) is 23.1. The quantitative estimate of drug-likeness (QED) is 0.629. The minimum Gasteiger partial charge on any atom is -0.507 e. The van der Waals surface area contributed by atoms with Gasteiger partial charge in [-0.1, -0.05) is 6.07 Å². The second-order valence-electron chi connectivity index (χ2n) is 7.53. The van der Waals surface area contributed by atoms with Crippen LogP contribution in [0.25, 0.3) is 5.70 Å². The SMILES string of the molecule is C=N/C(=C\C=C(/C)N1CCO[C@@H](C2(N)CC2)C1)c1c(C)cc(C)cc1O. The lowest BCUT2D eigenvalue weighted by molar-refractivity contribution is -0.0350. The van der Waals surface area contributed by atoms with Gasteiger partial charge in [-0.25, -0.2) is 0 Å². The third kappa shape index (κ3) is 3.84. The van der Waals surface area contributed by atoms with E-state index >= 15 is 0 Å². The molecule has 0 amide bonds. The van der Waals surface area contributed by atoms with Crippen LogP contribution in [0.2, 0.25) is 0 Å². The Balaban J connectivity index is 1.80. The number of hydrogen-bond donors (Lipinski definition) is 2. The molecule has 1 saturated heterocycles. The molecule has 1 aromatic rings. The van der Waals surface area contributed by atoms with Gasteiger partial charge in [0.1, 0.15) is 5.75 Å². The first-order chi connectivity index (χ1) is 12.3. The highest BCUT2D eigenvalue weighted by atomic mass is 16.5. The highest BCUT2D eigenvalue weighted by Gasteiger charge is 2.48. The van der Waals surface area contributed by atoms with Crippen LogP contribution in [-0.4, -0.2) is 48.1 Å². The molecule has 140 valence electrons. The summed E-state index contributed by atoms with van der Waals surface area (Å²) in [6.45, 7) is 12.1. The monoisotopic (exact) mass is 355 g/mol. The second-order valence-corrected chi connectivity index (χ2v) is 7.53. The van der Waals surface area contributed by atoms with Crippen LogP contribution >= 0.6 is 0 Å². The van der Waals surface area contributed by atoms with Gasteiger partial charge in [0.2, 0.25) is 0 Å². The van der Waals surface area contributed by atoms with Gasteiger partial charge in [-0.2, -0.15) is 0 Å². The van der Waals surface area contributed by atoms with Crippen LogP contribution in [-0.2, 0) is 4.74 Å². The number of phenolic OH excluding ortho intramolecular Hbond substituents is 1. The van der Waals surface area contributed by atoms with Crippen molar-refractivity contribution in [1.29, 1.82) is 0 Å². The average Bonchev–Trinajstić information content (AvgIpc) is 3.35. The van der Waals surface area contributed by atoms with Crippen LogP contribution < -0.4 is 5.73 Å². The number of ether oxygens (including phenoxy) is 1. The van der Waals surface area contributed by atoms with Crippen LogP contribution in [0, 0.1) is 13.8 Å². The summed E-state index contributed by atoms with van der Waals surface area (Å²) in [7, 11) is 0. The minimum absolute atomic E-state index is 0.101. The van der Waals surface area contributed by atoms with E-state index in [2.05, 4.69) is 23.5 Å². The van der Waals surface area contributed by atoms with Crippen LogP contribution in [0.5, 0.6) is 5.75 Å². The topological polar surface area (TPSA) is 71.1 Å². The molecule has 0 bridgehead atoms. The smallest absolute Gasteiger partial charge is 0.125 e. The molecule has 5 heteroatoms. The number of morpholine rings is 1. The van der Waals surface area contributed by atoms with Gasteiger partial charge in [0.05, 0.1) is 18.4 Å². The summed E-state index contributed by atoms with van der Waals surface area (Å²) < 4.78 is 5.87. The van der Waals surface area contributed by atoms with E-state index in [-0.39, 0.29) is 17.4 Å². The zero-order valence-corrected chi connectivity index (χ0v) is 16.0. The molecule has 26 heavy (non-hydrogen) atoms. The molecule has 1 aliphatic heterocycles. The van der Waals surface area contributed by atoms with Crippen LogP contribution in [0.1, 0.15) is 36.5 Å². The molecule has 1 aromatic carbocycles. The second kappa shape index (κ2) is 7.25. The van der Waals surface area contributed by atoms with E-state index in [0.717, 1.165) is 48.3 Å². The first-order valence-corrected chi connectivity index (χ1v) is 9.15. The van der Waals surface area contributed by atoms with E-state index in [1.54, 1.807) is 6.07 Å². The summed E-state index contributed by atoms with van der Waals surface area (Å²) in [5.74, 6) is 0.234. The first kappa shape index (κ1) is 18.7. The molecule has 0 spiro atoms. The Hall–Kier alpha value is -2.11. The highest BCUT2D eigenvalue weighted by molar-refractivity contribution is 5.75. The molecule has 0 radical (unpaired) electrons. The first-order valence-electron chi connectivity index (χ1n) is 9.15. The van der Waals surface area contributed by atoms with Crippen LogP contribution in [0.15, 0.2) is 35.0 Å². The number of phenols is 1. The lowest BCUT2D eigenvalue weighted by Crippen LogP contribution is -2.51. The Morgan fingerprint density at radius 3 is 2.73 bits per heavy atom. The van der Waals surface area contributed by atoms with Crippen molar-refractivity contribution in [3.05, 3.63) is 46.7 Å². The van der Waals surface area contributed by atoms with Gasteiger partial charge < -0.3 is 20.5 Å². The van der Waals surface area contributed by atoms with Crippen LogP contribution in [0.3, 0.4) is 0 Å². The lowest BCUT2D eigenvalue weighted by Gasteiger charge is -2.37. The molecular weight excluding hydrogens is 326 g/mol. The van der Waals surface area contributed by atoms with E-state index < -0.39 is 0 Å². The van der Waals surface area contributed by atoms with E-state index in [4.69, 9.17) is 10.5 Å². The molecule has 3 rings (SSSR count). The molecule has 2 aliphatic rings. The summed E-state index contributed by atoms with van der Waals surface area (Å²) in [5.41, 5.74) is 10.7. The number of hydrogen-bond acceptors (Lipinski definition) is 5. The summed E-state index contributed by atoms with van der Waals surface area (Å²) >= 11 is 0. The maximum Gasteiger partial charge on any atom is 0.125 e. The summed E-state index contributed by atoms with van der Waals surface area (Å²) in [4.78, 5) is 6.44. The molecule has 1 saturated carbocycles. The van der Waals surface area contributed by atoms with Crippen molar-refractivity contribution in [1.82, 2.24) is 4.90 Å². The van der Waals surface area contributed by atoms with Crippen molar-refractivity contribution in [3.8, 4) is 5.75 Å². The largest absolute Gasteiger partial charge is 0.507 e. The van der Waals surface area contributed by atoms with E-state index in [1.165, 1.54) is 0 Å². The van der Waals surface area contributed by atoms with Crippen molar-refractivity contribution in [3.63, 3.8) is 0 Å². The number of nitrogens with zero attached hydrogens (tertiary/aromatic N) is 2. The van der Waals surface area contributed by atoms with Gasteiger partial charge >= 0.3 is 0 Å². The van der Waals surface area contributed by atoms with E-state index in [9.17, 15) is 5.11 Å². The van der Waals surface area contributed by atoms with Crippen molar-refractivity contribution in [2.45, 2.75) is 45.3 Å². The molecule has 0 unspecified atom stereocenters. The average molecular weight is 355 g/mol. The van der Waals surface area contributed by atoms with Gasteiger partial charge in [0.15, 0.2) is 0 Å². The molecule has 0 aromatic heterocycles. The fourth-order valence-corrected chi connectivity index (χ4v) is 3.58. The maximum absolute atomic E-state index is 10.3. The molecule has 1 aliphatic carbocycles. The lowest BCUT2D eigenvalue weighted by atomic mass is 10.0. The molecular formula is C21H29N3O2. The number of aryl methyl sites for hydroxylation is 2. The Bertz CT molecular complexity index is 740. The Kier molecular flexibility index (Phi) is 5.21. The van der Waals surface area contributed by atoms with Gasteiger partial charge in [-0.05, 0) is 69.7 Å². The maximum atomic E-state index is 10.3. The van der Waals surface area contributed by atoms with E-state index in [0.29, 0.717) is 12.3 Å². The third-order valence-electron chi connectivity index (χ3n) is 5.40. The van der Waals surface area contributed by atoms with Gasteiger partial charge in [0, 0.05) is 29.9 Å². The standard InChI is InChI=1S/C21H29N3O2/c1-14-11-15(2)20(18(25)12-14)17(23-4)6-5-16(3)24-9-10-26-19(13-24)21(22)7-8-21/h5-6,11-12,19,25H,4,7-10,13,22H2,1-3H3/b16-5+,17-6-/t19-/m1/s1. The molecule has 1 heterocycles. The number of nitrogens with two attached hydrogens (primary N) is 1. The van der Waals surface area contributed by atoms with Crippen LogP contribution in [0.4, 0.5) is 0 Å². The summed E-state index contributed by atoms with van der Waals surface area (Å²) in [6.07, 6.45) is 6.14. The van der Waals surface area contributed by atoms with Crippen molar-refractivity contribution >= 4 is 12.4 Å². The van der Waals surface area contributed by atoms with Gasteiger partial charge in [-0.15, -0.1) is 0 Å². The fourth-order valence-electron chi connectivity index (χ4n) is 3.58. The zero-order chi connectivity index (χ0) is 18.9. The highest BCUT2D eigenvalue weighted by Crippen LogP contribution is 2.39. The number of aromatic hydroxyl groups is 1. The number of benzene rings is 1. The minimum atomic E-state index is -0.132. The predicted octanol–water partition coefficient (Wildman–Crippen LogP) is 3.15. The van der Waals surface area contributed by atoms with Gasteiger partial charge in [0.25, 0.3) is 0 Å². The molecule has 3 N–H and O–H groups in total. The van der Waals surface area contributed by atoms with Crippen molar-refractivity contribution < 1.29 is 9.84 Å². The summed E-state index contributed by atoms with van der Waals surface area (Å²) in [5, 5.41) is 10.3. The Labute approximate surface area is 155 Å². The fraction of sp³-hybridized carbons (Fsp3) is 0.476.